The number of rotatable bonds is 3. The molecule has 0 fully saturated rings. The van der Waals surface area contributed by atoms with Crippen LogP contribution in [0.4, 0.5) is 0 Å². The van der Waals surface area contributed by atoms with Crippen molar-refractivity contribution in [2.45, 2.75) is 6.92 Å². The number of esters is 2. The van der Waals surface area contributed by atoms with Crippen molar-refractivity contribution in [1.82, 2.24) is 4.98 Å². The Balaban J connectivity index is 2.59. The van der Waals surface area contributed by atoms with Gasteiger partial charge in [-0.1, -0.05) is 17.7 Å². The normalized spacial score (nSPS) is 10.3. The van der Waals surface area contributed by atoms with Gasteiger partial charge >= 0.3 is 11.9 Å². The molecule has 0 aliphatic carbocycles. The summed E-state index contributed by atoms with van der Waals surface area (Å²) in [5, 5.41) is -0.0790. The molecule has 0 aliphatic rings. The molecule has 0 radical (unpaired) electrons. The number of aryl methyl sites for hydroxylation is 1. The van der Waals surface area contributed by atoms with Gasteiger partial charge in [0.25, 0.3) is 0 Å². The second-order valence-electron chi connectivity index (χ2n) is 4.09. The summed E-state index contributed by atoms with van der Waals surface area (Å²) in [5.74, 6) is -1.25. The van der Waals surface area contributed by atoms with Gasteiger partial charge in [-0.2, -0.15) is 0 Å². The molecule has 0 bridgehead atoms. The van der Waals surface area contributed by atoms with E-state index >= 15 is 0 Å². The molecule has 1 aromatic carbocycles. The number of hydrogen-bond acceptors (Lipinski definition) is 6. The van der Waals surface area contributed by atoms with Crippen LogP contribution in [0, 0.1) is 6.92 Å². The molecule has 2 aromatic rings. The minimum absolute atomic E-state index is 0.0790. The van der Waals surface area contributed by atoms with Crippen molar-refractivity contribution in [3.63, 3.8) is 0 Å². The molecular formula is C14H12ClNO5. The lowest BCUT2D eigenvalue weighted by molar-refractivity contribution is -0.143. The number of carbonyl (C=O) groups is 2. The molecule has 0 unspecified atom stereocenters. The van der Waals surface area contributed by atoms with E-state index in [9.17, 15) is 9.59 Å². The molecule has 0 amide bonds. The van der Waals surface area contributed by atoms with Crippen LogP contribution in [0.3, 0.4) is 0 Å². The van der Waals surface area contributed by atoms with Crippen LogP contribution >= 0.6 is 11.6 Å². The Morgan fingerprint density at radius 2 is 1.81 bits per heavy atom. The fourth-order valence-corrected chi connectivity index (χ4v) is 2.06. The summed E-state index contributed by atoms with van der Waals surface area (Å²) >= 11 is 6.14. The summed E-state index contributed by atoms with van der Waals surface area (Å²) in [7, 11) is 2.30. The zero-order valence-corrected chi connectivity index (χ0v) is 12.4. The van der Waals surface area contributed by atoms with Crippen molar-refractivity contribution < 1.29 is 23.5 Å². The number of methoxy groups -OCH3 is 2. The van der Waals surface area contributed by atoms with Crippen LogP contribution in [-0.2, 0) is 19.1 Å². The molecule has 0 saturated carbocycles. The van der Waals surface area contributed by atoms with Gasteiger partial charge in [0.15, 0.2) is 17.0 Å². The Kier molecular flexibility index (Phi) is 4.28. The van der Waals surface area contributed by atoms with E-state index in [1.807, 2.05) is 0 Å². The number of aromatic nitrogens is 1. The molecule has 21 heavy (non-hydrogen) atoms. The molecule has 0 N–H and O–H groups in total. The standard InChI is InChI=1S/C14H12ClNO5/c1-7-16-9-5-4-8(6-10(9)21-7)12(15)11(13(17)19-2)14(18)20-3/h4-6H,1-3H3. The van der Waals surface area contributed by atoms with E-state index in [1.54, 1.807) is 25.1 Å². The second kappa shape index (κ2) is 5.97. The lowest BCUT2D eigenvalue weighted by Crippen LogP contribution is -2.17. The van der Waals surface area contributed by atoms with Gasteiger partial charge in [0.2, 0.25) is 0 Å². The summed E-state index contributed by atoms with van der Waals surface area (Å²) in [5.41, 5.74) is 1.19. The number of hydrogen-bond donors (Lipinski definition) is 0. The summed E-state index contributed by atoms with van der Waals surface area (Å²) < 4.78 is 14.5. The molecule has 0 atom stereocenters. The molecule has 0 spiro atoms. The summed E-state index contributed by atoms with van der Waals surface area (Å²) in [6.45, 7) is 1.71. The fraction of sp³-hybridized carbons (Fsp3) is 0.214. The number of carbonyl (C=O) groups excluding carboxylic acids is 2. The monoisotopic (exact) mass is 309 g/mol. The number of halogens is 1. The van der Waals surface area contributed by atoms with Crippen molar-refractivity contribution in [2.75, 3.05) is 14.2 Å². The first-order chi connectivity index (χ1) is 9.97. The third-order valence-corrected chi connectivity index (χ3v) is 3.15. The quantitative estimate of drug-likeness (QED) is 0.375. The SMILES string of the molecule is COC(=O)C(C(=O)OC)=C(Cl)c1ccc2nc(C)oc2c1. The second-order valence-corrected chi connectivity index (χ2v) is 4.47. The molecule has 2 rings (SSSR count). The first-order valence-electron chi connectivity index (χ1n) is 5.92. The summed E-state index contributed by atoms with van der Waals surface area (Å²) in [6.07, 6.45) is 0. The molecule has 1 heterocycles. The Hall–Kier alpha value is -2.34. The van der Waals surface area contributed by atoms with Crippen LogP contribution in [0.15, 0.2) is 28.2 Å². The van der Waals surface area contributed by atoms with E-state index in [-0.39, 0.29) is 10.6 Å². The Labute approximate surface area is 125 Å². The predicted octanol–water partition coefficient (Wildman–Crippen LogP) is 2.43. The third kappa shape index (κ3) is 2.90. The molecule has 1 aromatic heterocycles. The van der Waals surface area contributed by atoms with Crippen molar-refractivity contribution >= 4 is 39.7 Å². The largest absolute Gasteiger partial charge is 0.465 e. The minimum Gasteiger partial charge on any atom is -0.465 e. The van der Waals surface area contributed by atoms with Crippen molar-refractivity contribution in [3.8, 4) is 0 Å². The molecule has 110 valence electrons. The van der Waals surface area contributed by atoms with Gasteiger partial charge in [-0.25, -0.2) is 14.6 Å². The van der Waals surface area contributed by atoms with Gasteiger partial charge in [-0.15, -0.1) is 0 Å². The van der Waals surface area contributed by atoms with E-state index in [4.69, 9.17) is 16.0 Å². The average Bonchev–Trinajstić information content (AvgIpc) is 2.85. The van der Waals surface area contributed by atoms with Crippen molar-refractivity contribution in [3.05, 3.63) is 35.2 Å². The Bertz CT molecular complexity index is 729. The van der Waals surface area contributed by atoms with Crippen LogP contribution in [-0.4, -0.2) is 31.1 Å². The number of nitrogens with zero attached hydrogens (tertiary/aromatic N) is 1. The Morgan fingerprint density at radius 1 is 1.19 bits per heavy atom. The molecule has 0 aliphatic heterocycles. The van der Waals surface area contributed by atoms with Crippen LogP contribution in [0.5, 0.6) is 0 Å². The van der Waals surface area contributed by atoms with E-state index in [0.29, 0.717) is 22.6 Å². The lowest BCUT2D eigenvalue weighted by Gasteiger charge is -2.07. The van der Waals surface area contributed by atoms with Gasteiger partial charge in [0.1, 0.15) is 5.52 Å². The third-order valence-electron chi connectivity index (χ3n) is 2.75. The predicted molar refractivity (Wildman–Crippen MR) is 75.6 cm³/mol. The van der Waals surface area contributed by atoms with Crippen LogP contribution in [0.2, 0.25) is 0 Å². The number of benzene rings is 1. The zero-order chi connectivity index (χ0) is 15.6. The average molecular weight is 310 g/mol. The smallest absolute Gasteiger partial charge is 0.346 e. The van der Waals surface area contributed by atoms with Gasteiger partial charge < -0.3 is 13.9 Å². The van der Waals surface area contributed by atoms with Crippen molar-refractivity contribution in [1.29, 1.82) is 0 Å². The first-order valence-corrected chi connectivity index (χ1v) is 6.29. The highest BCUT2D eigenvalue weighted by Crippen LogP contribution is 2.28. The zero-order valence-electron chi connectivity index (χ0n) is 11.6. The van der Waals surface area contributed by atoms with E-state index in [1.165, 1.54) is 0 Å². The van der Waals surface area contributed by atoms with Gasteiger partial charge in [0.05, 0.1) is 19.3 Å². The highest BCUT2D eigenvalue weighted by molar-refractivity contribution is 6.53. The lowest BCUT2D eigenvalue weighted by atomic mass is 10.1. The fourth-order valence-electron chi connectivity index (χ4n) is 1.79. The summed E-state index contributed by atoms with van der Waals surface area (Å²) in [4.78, 5) is 27.5. The van der Waals surface area contributed by atoms with Gasteiger partial charge in [0, 0.05) is 6.92 Å². The van der Waals surface area contributed by atoms with Gasteiger partial charge in [-0.3, -0.25) is 0 Å². The molecule has 7 heteroatoms. The summed E-state index contributed by atoms with van der Waals surface area (Å²) in [6, 6.07) is 4.89. The number of ether oxygens (including phenoxy) is 2. The minimum atomic E-state index is -0.874. The highest BCUT2D eigenvalue weighted by atomic mass is 35.5. The van der Waals surface area contributed by atoms with Crippen LogP contribution in [0.25, 0.3) is 16.1 Å². The number of oxazole rings is 1. The van der Waals surface area contributed by atoms with Gasteiger partial charge in [-0.05, 0) is 17.7 Å². The molecule has 0 saturated heterocycles. The van der Waals surface area contributed by atoms with E-state index in [0.717, 1.165) is 14.2 Å². The van der Waals surface area contributed by atoms with Crippen LogP contribution in [0.1, 0.15) is 11.5 Å². The maximum absolute atomic E-state index is 11.7. The molecule has 6 nitrogen and oxygen atoms in total. The first kappa shape index (κ1) is 15.1. The van der Waals surface area contributed by atoms with Crippen molar-refractivity contribution in [2.24, 2.45) is 0 Å². The topological polar surface area (TPSA) is 78.6 Å². The number of fused-ring (bicyclic) bond motifs is 1. The van der Waals surface area contributed by atoms with E-state index in [2.05, 4.69) is 14.5 Å². The van der Waals surface area contributed by atoms with E-state index < -0.39 is 11.9 Å². The maximum atomic E-state index is 11.7. The van der Waals surface area contributed by atoms with Crippen LogP contribution < -0.4 is 0 Å². The molecular weight excluding hydrogens is 298 g/mol. The maximum Gasteiger partial charge on any atom is 0.346 e. The Morgan fingerprint density at radius 3 is 2.38 bits per heavy atom. The highest BCUT2D eigenvalue weighted by Gasteiger charge is 2.25.